The minimum Gasteiger partial charge on any atom is -0.321 e. The second-order valence-electron chi connectivity index (χ2n) is 5.73. The molecule has 0 saturated carbocycles. The van der Waals surface area contributed by atoms with Crippen LogP contribution in [-0.2, 0) is 6.18 Å². The number of nitrogens with zero attached hydrogens (tertiary/aromatic N) is 1. The lowest BCUT2D eigenvalue weighted by atomic mass is 10.1. The predicted octanol–water partition coefficient (Wildman–Crippen LogP) is 4.61. The highest BCUT2D eigenvalue weighted by molar-refractivity contribution is 6.06. The van der Waals surface area contributed by atoms with Crippen LogP contribution < -0.4 is 10.6 Å². The van der Waals surface area contributed by atoms with Crippen molar-refractivity contribution in [3.05, 3.63) is 89.7 Å². The molecule has 0 aliphatic heterocycles. The molecule has 0 spiro atoms. The van der Waals surface area contributed by atoms with E-state index in [4.69, 9.17) is 0 Å². The number of alkyl halides is 3. The van der Waals surface area contributed by atoms with Crippen molar-refractivity contribution in [3.8, 4) is 0 Å². The van der Waals surface area contributed by atoms with Crippen molar-refractivity contribution >= 4 is 23.2 Å². The zero-order valence-electron chi connectivity index (χ0n) is 14.3. The van der Waals surface area contributed by atoms with Gasteiger partial charge in [-0.2, -0.15) is 13.2 Å². The van der Waals surface area contributed by atoms with Gasteiger partial charge in [0.05, 0.1) is 11.3 Å². The number of pyridine rings is 1. The van der Waals surface area contributed by atoms with E-state index >= 15 is 0 Å². The van der Waals surface area contributed by atoms with Gasteiger partial charge in [0.1, 0.15) is 11.4 Å². The molecule has 2 N–H and O–H groups in total. The summed E-state index contributed by atoms with van der Waals surface area (Å²) in [6, 6.07) is 17.4. The molecule has 1 heterocycles. The summed E-state index contributed by atoms with van der Waals surface area (Å²) in [5.74, 6) is -1.40. The van der Waals surface area contributed by atoms with Gasteiger partial charge >= 0.3 is 6.18 Å². The van der Waals surface area contributed by atoms with E-state index in [1.165, 1.54) is 30.3 Å². The molecule has 0 bridgehead atoms. The van der Waals surface area contributed by atoms with Crippen molar-refractivity contribution in [1.29, 1.82) is 0 Å². The fourth-order valence-corrected chi connectivity index (χ4v) is 2.43. The number of rotatable bonds is 4. The van der Waals surface area contributed by atoms with Gasteiger partial charge in [0.15, 0.2) is 0 Å². The van der Waals surface area contributed by atoms with E-state index in [9.17, 15) is 22.8 Å². The fraction of sp³-hybridized carbons (Fsp3) is 0.0500. The molecule has 28 heavy (non-hydrogen) atoms. The van der Waals surface area contributed by atoms with E-state index in [2.05, 4.69) is 15.6 Å². The summed E-state index contributed by atoms with van der Waals surface area (Å²) in [7, 11) is 0. The maximum atomic E-state index is 13.1. The Bertz CT molecular complexity index is 1000. The van der Waals surface area contributed by atoms with Crippen LogP contribution in [0.5, 0.6) is 0 Å². The third-order valence-electron chi connectivity index (χ3n) is 3.73. The number of hydrogen-bond acceptors (Lipinski definition) is 3. The molecule has 0 aliphatic rings. The molecule has 0 atom stereocenters. The van der Waals surface area contributed by atoms with Crippen molar-refractivity contribution in [1.82, 2.24) is 4.98 Å². The van der Waals surface area contributed by atoms with Gasteiger partial charge in [-0.25, -0.2) is 4.98 Å². The summed E-state index contributed by atoms with van der Waals surface area (Å²) < 4.78 is 39.2. The van der Waals surface area contributed by atoms with Gasteiger partial charge in [0.25, 0.3) is 11.8 Å². The van der Waals surface area contributed by atoms with Gasteiger partial charge in [0.2, 0.25) is 0 Å². The molecule has 1 aromatic heterocycles. The molecule has 8 heteroatoms. The van der Waals surface area contributed by atoms with Crippen LogP contribution in [0.3, 0.4) is 0 Å². The summed E-state index contributed by atoms with van der Waals surface area (Å²) in [6.07, 6.45) is -4.62. The second kappa shape index (κ2) is 7.91. The first-order valence-corrected chi connectivity index (χ1v) is 8.15. The monoisotopic (exact) mass is 385 g/mol. The Balaban J connectivity index is 1.79. The minimum atomic E-state index is -4.62. The normalized spacial score (nSPS) is 11.0. The van der Waals surface area contributed by atoms with Crippen LogP contribution in [0.15, 0.2) is 72.8 Å². The molecule has 0 radical (unpaired) electrons. The fourth-order valence-electron chi connectivity index (χ4n) is 2.43. The van der Waals surface area contributed by atoms with E-state index in [0.717, 1.165) is 12.1 Å². The summed E-state index contributed by atoms with van der Waals surface area (Å²) in [5, 5.41) is 4.82. The molecule has 3 rings (SSSR count). The third-order valence-corrected chi connectivity index (χ3v) is 3.73. The SMILES string of the molecule is O=C(Nc1ccccc1)c1cccc(C(=O)Nc2ccccc2C(F)(F)F)n1. The molecule has 5 nitrogen and oxygen atoms in total. The Morgan fingerprint density at radius 3 is 1.93 bits per heavy atom. The molecule has 0 saturated heterocycles. The average Bonchev–Trinajstić information content (AvgIpc) is 2.68. The molecule has 3 aromatic rings. The van der Waals surface area contributed by atoms with Crippen LogP contribution in [0, 0.1) is 0 Å². The van der Waals surface area contributed by atoms with E-state index in [-0.39, 0.29) is 17.1 Å². The van der Waals surface area contributed by atoms with Gasteiger partial charge < -0.3 is 10.6 Å². The number of para-hydroxylation sites is 2. The van der Waals surface area contributed by atoms with Crippen LogP contribution in [0.25, 0.3) is 0 Å². The number of halogens is 3. The Morgan fingerprint density at radius 1 is 0.714 bits per heavy atom. The zero-order valence-corrected chi connectivity index (χ0v) is 14.3. The van der Waals surface area contributed by atoms with Crippen LogP contribution >= 0.6 is 0 Å². The Hall–Kier alpha value is -3.68. The van der Waals surface area contributed by atoms with Crippen molar-refractivity contribution in [2.24, 2.45) is 0 Å². The lowest BCUT2D eigenvalue weighted by Crippen LogP contribution is -2.20. The number of nitrogens with one attached hydrogen (secondary N) is 2. The summed E-state index contributed by atoms with van der Waals surface area (Å²) in [4.78, 5) is 28.6. The molecular weight excluding hydrogens is 371 g/mol. The first-order valence-electron chi connectivity index (χ1n) is 8.15. The maximum absolute atomic E-state index is 13.1. The van der Waals surface area contributed by atoms with Gasteiger partial charge in [0, 0.05) is 5.69 Å². The average molecular weight is 385 g/mol. The maximum Gasteiger partial charge on any atom is 0.418 e. The Labute approximate surface area is 158 Å². The van der Waals surface area contributed by atoms with Crippen LogP contribution in [0.2, 0.25) is 0 Å². The van der Waals surface area contributed by atoms with Crippen LogP contribution in [0.1, 0.15) is 26.5 Å². The molecule has 0 fully saturated rings. The van der Waals surface area contributed by atoms with Crippen molar-refractivity contribution in [3.63, 3.8) is 0 Å². The van der Waals surface area contributed by atoms with Gasteiger partial charge in [-0.15, -0.1) is 0 Å². The predicted molar refractivity (Wildman–Crippen MR) is 98.0 cm³/mol. The number of hydrogen-bond donors (Lipinski definition) is 2. The lowest BCUT2D eigenvalue weighted by molar-refractivity contribution is -0.136. The Morgan fingerprint density at radius 2 is 1.29 bits per heavy atom. The van der Waals surface area contributed by atoms with Crippen LogP contribution in [-0.4, -0.2) is 16.8 Å². The molecule has 2 amide bonds. The molecular formula is C20H14F3N3O2. The van der Waals surface area contributed by atoms with E-state index in [0.29, 0.717) is 5.69 Å². The number of carbonyl (C=O) groups is 2. The number of carbonyl (C=O) groups excluding carboxylic acids is 2. The van der Waals surface area contributed by atoms with Crippen molar-refractivity contribution < 1.29 is 22.8 Å². The standard InChI is InChI=1S/C20H14F3N3O2/c21-20(22,23)14-9-4-5-10-15(14)26-19(28)17-12-6-11-16(25-17)18(27)24-13-7-2-1-3-8-13/h1-12H,(H,24,27)(H,26,28). The number of amides is 2. The first kappa shape index (κ1) is 19.1. The first-order chi connectivity index (χ1) is 13.3. The highest BCUT2D eigenvalue weighted by Crippen LogP contribution is 2.34. The van der Waals surface area contributed by atoms with Gasteiger partial charge in [-0.3, -0.25) is 9.59 Å². The molecule has 2 aromatic carbocycles. The number of benzene rings is 2. The zero-order chi connectivity index (χ0) is 20.1. The lowest BCUT2D eigenvalue weighted by Gasteiger charge is -2.13. The van der Waals surface area contributed by atoms with Crippen molar-refractivity contribution in [2.45, 2.75) is 6.18 Å². The van der Waals surface area contributed by atoms with Gasteiger partial charge in [-0.05, 0) is 36.4 Å². The van der Waals surface area contributed by atoms with E-state index < -0.39 is 23.6 Å². The van der Waals surface area contributed by atoms with Crippen LogP contribution in [0.4, 0.5) is 24.5 Å². The third kappa shape index (κ3) is 4.53. The highest BCUT2D eigenvalue weighted by atomic mass is 19.4. The summed E-state index contributed by atoms with van der Waals surface area (Å²) >= 11 is 0. The molecule has 0 unspecified atom stereocenters. The summed E-state index contributed by atoms with van der Waals surface area (Å²) in [6.45, 7) is 0. The summed E-state index contributed by atoms with van der Waals surface area (Å²) in [5.41, 5.74) is -1.04. The largest absolute Gasteiger partial charge is 0.418 e. The van der Waals surface area contributed by atoms with Crippen molar-refractivity contribution in [2.75, 3.05) is 10.6 Å². The number of aromatic nitrogens is 1. The molecule has 0 aliphatic carbocycles. The van der Waals surface area contributed by atoms with E-state index in [1.807, 2.05) is 0 Å². The number of anilines is 2. The minimum absolute atomic E-state index is 0.0411. The topological polar surface area (TPSA) is 71.1 Å². The van der Waals surface area contributed by atoms with Gasteiger partial charge in [-0.1, -0.05) is 36.4 Å². The van der Waals surface area contributed by atoms with E-state index in [1.54, 1.807) is 30.3 Å². The molecule has 142 valence electrons. The Kier molecular flexibility index (Phi) is 5.39. The quantitative estimate of drug-likeness (QED) is 0.689. The highest BCUT2D eigenvalue weighted by Gasteiger charge is 2.33. The smallest absolute Gasteiger partial charge is 0.321 e. The second-order valence-corrected chi connectivity index (χ2v) is 5.73.